The van der Waals surface area contributed by atoms with Crippen LogP contribution in [0.1, 0.15) is 31.7 Å². The molecule has 4 nitrogen and oxygen atoms in total. The van der Waals surface area contributed by atoms with Crippen LogP contribution in [-0.2, 0) is 11.3 Å². The fraction of sp³-hybridized carbons (Fsp3) is 0.562. The highest BCUT2D eigenvalue weighted by atomic mass is 79.9. The summed E-state index contributed by atoms with van der Waals surface area (Å²) >= 11 is 3.50. The molecule has 1 unspecified atom stereocenters. The van der Waals surface area contributed by atoms with E-state index in [-0.39, 0.29) is 5.92 Å². The van der Waals surface area contributed by atoms with Gasteiger partial charge >= 0.3 is 5.97 Å². The van der Waals surface area contributed by atoms with Gasteiger partial charge in [0.05, 0.1) is 12.5 Å². The fourth-order valence-electron chi connectivity index (χ4n) is 2.67. The molecule has 1 fully saturated rings. The van der Waals surface area contributed by atoms with Crippen LogP contribution in [-0.4, -0.2) is 35.7 Å². The third-order valence-electron chi connectivity index (χ3n) is 3.73. The zero-order valence-corrected chi connectivity index (χ0v) is 13.9. The number of carboxylic acid groups (broad SMARTS) is 1. The van der Waals surface area contributed by atoms with E-state index in [0.717, 1.165) is 48.1 Å². The van der Waals surface area contributed by atoms with Crippen molar-refractivity contribution in [3.05, 3.63) is 28.2 Å². The van der Waals surface area contributed by atoms with Crippen molar-refractivity contribution in [2.75, 3.05) is 19.7 Å². The van der Waals surface area contributed by atoms with E-state index in [0.29, 0.717) is 13.2 Å². The number of hydrogen-bond acceptors (Lipinski definition) is 3. The Labute approximate surface area is 134 Å². The second-order valence-corrected chi connectivity index (χ2v) is 6.43. The van der Waals surface area contributed by atoms with Crippen LogP contribution >= 0.6 is 15.9 Å². The lowest BCUT2D eigenvalue weighted by atomic mass is 9.98. The summed E-state index contributed by atoms with van der Waals surface area (Å²) in [6.45, 7) is 5.09. The van der Waals surface area contributed by atoms with E-state index in [1.807, 2.05) is 12.1 Å². The Bertz CT molecular complexity index is 492. The number of rotatable bonds is 6. The molecule has 0 amide bonds. The second-order valence-electron chi connectivity index (χ2n) is 5.51. The molecule has 0 spiro atoms. The van der Waals surface area contributed by atoms with Crippen LogP contribution in [0.5, 0.6) is 5.75 Å². The third kappa shape index (κ3) is 4.71. The van der Waals surface area contributed by atoms with Crippen LogP contribution in [0.15, 0.2) is 22.7 Å². The number of hydrogen-bond donors (Lipinski definition) is 1. The number of benzene rings is 1. The van der Waals surface area contributed by atoms with E-state index in [1.165, 1.54) is 0 Å². The normalized spacial score (nSPS) is 19.4. The monoisotopic (exact) mass is 355 g/mol. The topological polar surface area (TPSA) is 49.8 Å². The summed E-state index contributed by atoms with van der Waals surface area (Å²) < 4.78 is 6.81. The molecule has 1 saturated heterocycles. The number of halogens is 1. The lowest BCUT2D eigenvalue weighted by molar-refractivity contribution is -0.143. The smallest absolute Gasteiger partial charge is 0.307 e. The molecule has 0 radical (unpaired) electrons. The molecular weight excluding hydrogens is 334 g/mol. The van der Waals surface area contributed by atoms with Crippen LogP contribution in [0.4, 0.5) is 0 Å². The molecule has 116 valence electrons. The zero-order chi connectivity index (χ0) is 15.2. The van der Waals surface area contributed by atoms with Crippen LogP contribution in [0, 0.1) is 5.92 Å². The Morgan fingerprint density at radius 3 is 3.05 bits per heavy atom. The number of likely N-dealkylation sites (tertiary alicyclic amines) is 1. The zero-order valence-electron chi connectivity index (χ0n) is 12.3. The summed E-state index contributed by atoms with van der Waals surface area (Å²) in [5, 5.41) is 9.18. The molecule has 1 aromatic rings. The molecule has 0 bridgehead atoms. The van der Waals surface area contributed by atoms with Crippen molar-refractivity contribution in [2.45, 2.75) is 32.7 Å². The van der Waals surface area contributed by atoms with E-state index in [9.17, 15) is 9.90 Å². The SMILES string of the molecule is CCCOc1ccc(Br)cc1CN1CCCC(C(=O)O)C1. The maximum atomic E-state index is 11.2. The fourth-order valence-corrected chi connectivity index (χ4v) is 3.07. The molecule has 21 heavy (non-hydrogen) atoms. The molecule has 1 aliphatic heterocycles. The lowest BCUT2D eigenvalue weighted by Gasteiger charge is -2.31. The molecule has 0 aliphatic carbocycles. The number of piperidine rings is 1. The highest BCUT2D eigenvalue weighted by Crippen LogP contribution is 2.27. The van der Waals surface area contributed by atoms with Crippen molar-refractivity contribution in [1.82, 2.24) is 4.90 Å². The molecule has 1 N–H and O–H groups in total. The average Bonchev–Trinajstić information content (AvgIpc) is 2.47. The summed E-state index contributed by atoms with van der Waals surface area (Å²) in [5.74, 6) is -0.0280. The molecule has 0 aromatic heterocycles. The van der Waals surface area contributed by atoms with Gasteiger partial charge in [-0.15, -0.1) is 0 Å². The Balaban J connectivity index is 2.07. The van der Waals surface area contributed by atoms with Gasteiger partial charge in [0, 0.05) is 23.1 Å². The number of carboxylic acids is 1. The first-order valence-corrected chi connectivity index (χ1v) is 8.26. The third-order valence-corrected chi connectivity index (χ3v) is 4.23. The Morgan fingerprint density at radius 2 is 2.33 bits per heavy atom. The molecule has 1 atom stereocenters. The van der Waals surface area contributed by atoms with Gasteiger partial charge in [-0.2, -0.15) is 0 Å². The minimum Gasteiger partial charge on any atom is -0.493 e. The maximum absolute atomic E-state index is 11.2. The van der Waals surface area contributed by atoms with Gasteiger partial charge in [-0.3, -0.25) is 9.69 Å². The molecular formula is C16H22BrNO3. The summed E-state index contributed by atoms with van der Waals surface area (Å²) in [4.78, 5) is 13.4. The van der Waals surface area contributed by atoms with Gasteiger partial charge in [-0.05, 0) is 44.0 Å². The molecule has 1 aromatic carbocycles. The number of ether oxygens (including phenoxy) is 1. The standard InChI is InChI=1S/C16H22BrNO3/c1-2-8-21-15-6-5-14(17)9-13(15)11-18-7-3-4-12(10-18)16(19)20/h5-6,9,12H,2-4,7-8,10-11H2,1H3,(H,19,20). The molecule has 2 rings (SSSR count). The first-order valence-electron chi connectivity index (χ1n) is 7.46. The van der Waals surface area contributed by atoms with Gasteiger partial charge in [0.15, 0.2) is 0 Å². The summed E-state index contributed by atoms with van der Waals surface area (Å²) in [6.07, 6.45) is 2.69. The summed E-state index contributed by atoms with van der Waals surface area (Å²) in [7, 11) is 0. The molecule has 5 heteroatoms. The van der Waals surface area contributed by atoms with E-state index in [1.54, 1.807) is 0 Å². The van der Waals surface area contributed by atoms with E-state index >= 15 is 0 Å². The molecule has 0 saturated carbocycles. The van der Waals surface area contributed by atoms with Crippen LogP contribution < -0.4 is 4.74 Å². The minimum atomic E-state index is -0.684. The highest BCUT2D eigenvalue weighted by molar-refractivity contribution is 9.10. The van der Waals surface area contributed by atoms with E-state index < -0.39 is 5.97 Å². The number of carbonyl (C=O) groups is 1. The van der Waals surface area contributed by atoms with Gasteiger partial charge in [0.1, 0.15) is 5.75 Å². The van der Waals surface area contributed by atoms with Gasteiger partial charge < -0.3 is 9.84 Å². The Morgan fingerprint density at radius 1 is 1.52 bits per heavy atom. The average molecular weight is 356 g/mol. The largest absolute Gasteiger partial charge is 0.493 e. The van der Waals surface area contributed by atoms with E-state index in [2.05, 4.69) is 33.8 Å². The number of aliphatic carboxylic acids is 1. The lowest BCUT2D eigenvalue weighted by Crippen LogP contribution is -2.38. The first-order chi connectivity index (χ1) is 10.1. The van der Waals surface area contributed by atoms with Crippen molar-refractivity contribution in [3.63, 3.8) is 0 Å². The highest BCUT2D eigenvalue weighted by Gasteiger charge is 2.25. The minimum absolute atomic E-state index is 0.245. The van der Waals surface area contributed by atoms with Gasteiger partial charge in [-0.1, -0.05) is 22.9 Å². The second kappa shape index (κ2) is 7.80. The quantitative estimate of drug-likeness (QED) is 0.847. The Kier molecular flexibility index (Phi) is 6.06. The van der Waals surface area contributed by atoms with Crippen LogP contribution in [0.2, 0.25) is 0 Å². The van der Waals surface area contributed by atoms with Crippen molar-refractivity contribution in [3.8, 4) is 5.75 Å². The first kappa shape index (κ1) is 16.3. The van der Waals surface area contributed by atoms with Crippen LogP contribution in [0.3, 0.4) is 0 Å². The van der Waals surface area contributed by atoms with Crippen molar-refractivity contribution in [2.24, 2.45) is 5.92 Å². The summed E-state index contributed by atoms with van der Waals surface area (Å²) in [5.41, 5.74) is 1.11. The van der Waals surface area contributed by atoms with Gasteiger partial charge in [-0.25, -0.2) is 0 Å². The van der Waals surface area contributed by atoms with E-state index in [4.69, 9.17) is 4.74 Å². The van der Waals surface area contributed by atoms with Crippen molar-refractivity contribution < 1.29 is 14.6 Å². The van der Waals surface area contributed by atoms with Crippen molar-refractivity contribution >= 4 is 21.9 Å². The maximum Gasteiger partial charge on any atom is 0.307 e. The number of nitrogens with zero attached hydrogens (tertiary/aromatic N) is 1. The summed E-state index contributed by atoms with van der Waals surface area (Å²) in [6, 6.07) is 6.02. The van der Waals surface area contributed by atoms with Crippen LogP contribution in [0.25, 0.3) is 0 Å². The van der Waals surface area contributed by atoms with Gasteiger partial charge in [0.25, 0.3) is 0 Å². The predicted octanol–water partition coefficient (Wildman–Crippen LogP) is 3.53. The predicted molar refractivity (Wildman–Crippen MR) is 85.6 cm³/mol. The molecule has 1 heterocycles. The van der Waals surface area contributed by atoms with Gasteiger partial charge in [0.2, 0.25) is 0 Å². The molecule has 1 aliphatic rings. The van der Waals surface area contributed by atoms with Crippen molar-refractivity contribution in [1.29, 1.82) is 0 Å². The Hall–Kier alpha value is -1.07.